The van der Waals surface area contributed by atoms with E-state index in [-0.39, 0.29) is 11.9 Å². The lowest BCUT2D eigenvalue weighted by atomic mass is 10.0. The van der Waals surface area contributed by atoms with Gasteiger partial charge in [-0.2, -0.15) is 5.26 Å². The van der Waals surface area contributed by atoms with E-state index in [2.05, 4.69) is 38.9 Å². The second-order valence-electron chi connectivity index (χ2n) is 5.45. The van der Waals surface area contributed by atoms with Gasteiger partial charge in [0.15, 0.2) is 12.4 Å². The minimum absolute atomic E-state index is 0.0537. The number of aryl methyl sites for hydroxylation is 2. The quantitative estimate of drug-likeness (QED) is 0.690. The highest BCUT2D eigenvalue weighted by Gasteiger charge is 2.20. The van der Waals surface area contributed by atoms with Gasteiger partial charge in [0, 0.05) is 23.7 Å². The first-order valence-corrected chi connectivity index (χ1v) is 7.79. The van der Waals surface area contributed by atoms with Crippen molar-refractivity contribution in [1.29, 1.82) is 5.26 Å². The number of hydrogen-bond donors (Lipinski definition) is 0. The number of benzene rings is 1. The molecule has 0 atom stereocenters. The molecule has 0 spiro atoms. The third-order valence-electron chi connectivity index (χ3n) is 4.10. The van der Waals surface area contributed by atoms with E-state index in [0.717, 1.165) is 30.3 Å². The number of nitrogens with zero attached hydrogens (tertiary/aromatic N) is 4. The van der Waals surface area contributed by atoms with E-state index in [4.69, 9.17) is 21.6 Å². The van der Waals surface area contributed by atoms with Gasteiger partial charge in [-0.3, -0.25) is 0 Å². The second kappa shape index (κ2) is 5.56. The fourth-order valence-corrected chi connectivity index (χ4v) is 3.34. The number of aromatic nitrogens is 3. The summed E-state index contributed by atoms with van der Waals surface area (Å²) in [6.45, 7) is 0.933. The summed E-state index contributed by atoms with van der Waals surface area (Å²) >= 11 is 5.99. The van der Waals surface area contributed by atoms with Crippen LogP contribution in [0, 0.1) is 11.3 Å². The molecule has 3 heterocycles. The van der Waals surface area contributed by atoms with Crippen LogP contribution in [0.15, 0.2) is 30.6 Å². The molecule has 3 aromatic rings. The van der Waals surface area contributed by atoms with Crippen molar-refractivity contribution in [3.63, 3.8) is 0 Å². The zero-order chi connectivity index (χ0) is 15.8. The smallest absolute Gasteiger partial charge is 0.223 e. The van der Waals surface area contributed by atoms with Crippen molar-refractivity contribution in [2.24, 2.45) is 0 Å². The molecule has 1 aliphatic heterocycles. The molecule has 6 heteroatoms. The van der Waals surface area contributed by atoms with Gasteiger partial charge in [0.05, 0.1) is 11.7 Å². The van der Waals surface area contributed by atoms with E-state index in [9.17, 15) is 0 Å². The lowest BCUT2D eigenvalue weighted by Crippen LogP contribution is -2.05. The molecule has 0 saturated heterocycles. The van der Waals surface area contributed by atoms with Gasteiger partial charge in [-0.25, -0.2) is 9.97 Å². The average Bonchev–Trinajstić information content (AvgIpc) is 2.95. The molecular weight excluding hydrogens is 312 g/mol. The number of hydrogen-bond acceptors (Lipinski definition) is 4. The van der Waals surface area contributed by atoms with Crippen molar-refractivity contribution in [2.75, 3.05) is 6.61 Å². The fourth-order valence-electron chi connectivity index (χ4n) is 3.20. The van der Waals surface area contributed by atoms with Gasteiger partial charge in [0.1, 0.15) is 11.8 Å². The van der Waals surface area contributed by atoms with Crippen molar-refractivity contribution in [2.45, 2.75) is 19.4 Å². The van der Waals surface area contributed by atoms with E-state index in [0.29, 0.717) is 11.4 Å². The Labute approximate surface area is 138 Å². The molecule has 0 saturated carbocycles. The molecule has 0 amide bonds. The Morgan fingerprint density at radius 1 is 1.39 bits per heavy atom. The Hall–Kier alpha value is -2.58. The number of para-hydroxylation sites is 1. The van der Waals surface area contributed by atoms with Crippen LogP contribution in [0.25, 0.3) is 22.2 Å². The summed E-state index contributed by atoms with van der Waals surface area (Å²) in [4.78, 5) is 8.32. The normalized spacial score (nSPS) is 13.0. The van der Waals surface area contributed by atoms with Gasteiger partial charge < -0.3 is 9.30 Å². The summed E-state index contributed by atoms with van der Waals surface area (Å²) < 4.78 is 7.74. The van der Waals surface area contributed by atoms with E-state index in [1.807, 2.05) is 6.07 Å². The summed E-state index contributed by atoms with van der Waals surface area (Å²) in [5.41, 5.74) is 4.18. The standard InChI is InChI=1S/C17H13ClN4O/c18-17-20-9-14(23-8-6-19)15(21-17)13-10-22-7-2-4-11-3-1-5-12(13)16(11)22/h1,3,5,9-10H,2,4,7-8H2. The Morgan fingerprint density at radius 2 is 2.30 bits per heavy atom. The van der Waals surface area contributed by atoms with E-state index < -0.39 is 0 Å². The van der Waals surface area contributed by atoms with Crippen molar-refractivity contribution in [1.82, 2.24) is 14.5 Å². The number of ether oxygens (including phenoxy) is 1. The Morgan fingerprint density at radius 3 is 3.17 bits per heavy atom. The van der Waals surface area contributed by atoms with Gasteiger partial charge in [-0.05, 0) is 30.0 Å². The zero-order valence-corrected chi connectivity index (χ0v) is 13.0. The van der Waals surface area contributed by atoms with Crippen molar-refractivity contribution in [3.8, 4) is 23.1 Å². The van der Waals surface area contributed by atoms with Gasteiger partial charge in [0.2, 0.25) is 5.28 Å². The molecule has 4 rings (SSSR count). The first-order valence-electron chi connectivity index (χ1n) is 7.41. The van der Waals surface area contributed by atoms with Crippen LogP contribution >= 0.6 is 11.6 Å². The molecule has 2 aromatic heterocycles. The number of halogens is 1. The Balaban J connectivity index is 1.96. The van der Waals surface area contributed by atoms with Crippen LogP contribution in [-0.2, 0) is 13.0 Å². The summed E-state index contributed by atoms with van der Waals surface area (Å²) in [5, 5.41) is 10.0. The minimum atomic E-state index is -0.0537. The van der Waals surface area contributed by atoms with E-state index in [1.165, 1.54) is 17.3 Å². The van der Waals surface area contributed by atoms with Crippen molar-refractivity contribution >= 4 is 22.5 Å². The highest BCUT2D eigenvalue weighted by atomic mass is 35.5. The largest absolute Gasteiger partial charge is 0.475 e. The zero-order valence-electron chi connectivity index (χ0n) is 12.3. The molecule has 0 N–H and O–H groups in total. The fraction of sp³-hybridized carbons (Fsp3) is 0.235. The maximum atomic E-state index is 8.76. The Bertz CT molecular complexity index is 942. The SMILES string of the molecule is N#CCOc1cnc(Cl)nc1-c1cn2c3c(cccc13)CCC2. The first kappa shape index (κ1) is 14.0. The summed E-state index contributed by atoms with van der Waals surface area (Å²) in [6, 6.07) is 8.28. The lowest BCUT2D eigenvalue weighted by Gasteiger charge is -2.14. The summed E-state index contributed by atoms with van der Waals surface area (Å²) in [5.74, 6) is 0.472. The molecule has 0 bridgehead atoms. The predicted molar refractivity (Wildman–Crippen MR) is 87.4 cm³/mol. The van der Waals surface area contributed by atoms with Crippen LogP contribution in [0.4, 0.5) is 0 Å². The molecule has 1 aromatic carbocycles. The first-order chi connectivity index (χ1) is 11.3. The molecule has 0 radical (unpaired) electrons. The lowest BCUT2D eigenvalue weighted by molar-refractivity contribution is 0.366. The van der Waals surface area contributed by atoms with Crippen LogP contribution in [0.1, 0.15) is 12.0 Å². The van der Waals surface area contributed by atoms with Crippen LogP contribution in [-0.4, -0.2) is 21.1 Å². The van der Waals surface area contributed by atoms with Crippen LogP contribution < -0.4 is 4.74 Å². The average molecular weight is 325 g/mol. The third-order valence-corrected chi connectivity index (χ3v) is 4.28. The maximum Gasteiger partial charge on any atom is 0.223 e. The van der Waals surface area contributed by atoms with Gasteiger partial charge in [-0.15, -0.1) is 0 Å². The second-order valence-corrected chi connectivity index (χ2v) is 5.79. The van der Waals surface area contributed by atoms with Crippen LogP contribution in [0.5, 0.6) is 5.75 Å². The summed E-state index contributed by atoms with van der Waals surface area (Å²) in [6.07, 6.45) is 5.82. The summed E-state index contributed by atoms with van der Waals surface area (Å²) in [7, 11) is 0. The van der Waals surface area contributed by atoms with Crippen molar-refractivity contribution < 1.29 is 4.74 Å². The van der Waals surface area contributed by atoms with E-state index in [1.54, 1.807) is 0 Å². The molecule has 1 aliphatic rings. The molecule has 0 unspecified atom stereocenters. The molecular formula is C17H13ClN4O. The van der Waals surface area contributed by atoms with Gasteiger partial charge >= 0.3 is 0 Å². The van der Waals surface area contributed by atoms with Gasteiger partial charge in [-0.1, -0.05) is 18.2 Å². The maximum absolute atomic E-state index is 8.76. The molecule has 5 nitrogen and oxygen atoms in total. The highest BCUT2D eigenvalue weighted by Crippen LogP contribution is 2.38. The van der Waals surface area contributed by atoms with Crippen LogP contribution in [0.2, 0.25) is 5.28 Å². The Kier molecular flexibility index (Phi) is 3.40. The van der Waals surface area contributed by atoms with Crippen LogP contribution in [0.3, 0.4) is 0 Å². The topological polar surface area (TPSA) is 63.7 Å². The molecule has 0 aliphatic carbocycles. The molecule has 114 valence electrons. The van der Waals surface area contributed by atoms with Crippen molar-refractivity contribution in [3.05, 3.63) is 41.4 Å². The van der Waals surface area contributed by atoms with E-state index >= 15 is 0 Å². The molecule has 0 fully saturated rings. The minimum Gasteiger partial charge on any atom is -0.475 e. The monoisotopic (exact) mass is 324 g/mol. The number of nitriles is 1. The van der Waals surface area contributed by atoms with Gasteiger partial charge in [0.25, 0.3) is 0 Å². The predicted octanol–water partition coefficient (Wildman–Crippen LogP) is 3.60. The third kappa shape index (κ3) is 2.32. The molecule has 23 heavy (non-hydrogen) atoms. The number of rotatable bonds is 3. The highest BCUT2D eigenvalue weighted by molar-refractivity contribution is 6.28.